The molecule has 0 aliphatic carbocycles. The van der Waals surface area contributed by atoms with Crippen LogP contribution in [0.5, 0.6) is 0 Å². The van der Waals surface area contributed by atoms with Crippen molar-refractivity contribution in [1.82, 2.24) is 0 Å². The molecule has 8 heteroatoms. The highest BCUT2D eigenvalue weighted by molar-refractivity contribution is 5.78. The Morgan fingerprint density at radius 3 is 2.07 bits per heavy atom. The van der Waals surface area contributed by atoms with Gasteiger partial charge in [-0.25, -0.2) is 4.79 Å². The smallest absolute Gasteiger partial charge is 0.461 e. The minimum Gasteiger partial charge on any atom is -0.461 e. The van der Waals surface area contributed by atoms with E-state index in [1.165, 1.54) is 0 Å². The van der Waals surface area contributed by atoms with Gasteiger partial charge in [0.15, 0.2) is 0 Å². The average Bonchev–Trinajstić information content (AvgIpc) is 2.02. The number of ether oxygens (including phenoxy) is 1. The van der Waals surface area contributed by atoms with Crippen molar-refractivity contribution in [3.63, 3.8) is 0 Å². The summed E-state index contributed by atoms with van der Waals surface area (Å²) in [5, 5.41) is 0. The Morgan fingerprint density at radius 1 is 1.21 bits per heavy atom. The van der Waals surface area contributed by atoms with Crippen LogP contribution in [-0.2, 0) is 9.53 Å². The molecule has 0 spiro atoms. The molecule has 0 radical (unpaired) electrons. The van der Waals surface area contributed by atoms with Crippen LogP contribution in [0.1, 0.15) is 6.42 Å². The van der Waals surface area contributed by atoms with Crippen LogP contribution in [0.15, 0.2) is 0 Å². The van der Waals surface area contributed by atoms with Crippen LogP contribution in [0, 0.1) is 0 Å². The molecule has 0 aliphatic heterocycles. The number of hydrogen-bond donors (Lipinski definition) is 1. The van der Waals surface area contributed by atoms with E-state index >= 15 is 0 Å². The Hall–Kier alpha value is -0.920. The largest absolute Gasteiger partial charge is 0.465 e. The van der Waals surface area contributed by atoms with Crippen LogP contribution >= 0.6 is 0 Å². The van der Waals surface area contributed by atoms with E-state index in [0.717, 1.165) is 0 Å². The molecule has 0 aromatic rings. The van der Waals surface area contributed by atoms with Crippen LogP contribution in [0.25, 0.3) is 0 Å². The van der Waals surface area contributed by atoms with E-state index in [1.807, 2.05) is 0 Å². The Bertz CT molecular complexity index is 203. The van der Waals surface area contributed by atoms with Gasteiger partial charge in [0, 0.05) is 0 Å². The van der Waals surface area contributed by atoms with E-state index in [1.54, 1.807) is 0 Å². The van der Waals surface area contributed by atoms with Gasteiger partial charge in [0.05, 0.1) is 6.61 Å². The van der Waals surface area contributed by atoms with Crippen LogP contribution in [-0.4, -0.2) is 31.2 Å². The summed E-state index contributed by atoms with van der Waals surface area (Å²) in [6.45, 7) is -0.522. The van der Waals surface area contributed by atoms with Crippen LogP contribution in [0.2, 0.25) is 0 Å². The maximum absolute atomic E-state index is 12.1. The van der Waals surface area contributed by atoms with E-state index in [-0.39, 0.29) is 13.0 Å². The van der Waals surface area contributed by atoms with Crippen molar-refractivity contribution in [2.75, 3.05) is 13.2 Å². The summed E-state index contributed by atoms with van der Waals surface area (Å²) in [5.41, 5.74) is 4.91. The number of carbonyl (C=O) groups is 1. The van der Waals surface area contributed by atoms with Gasteiger partial charge in [-0.2, -0.15) is 22.0 Å². The number of hydrogen-bond acceptors (Lipinski definition) is 3. The standard InChI is InChI=1S/C6H8F5NO2/c7-5(8,6(9,10)11)4(13)14-3-1-2-12/h1-3,12H2. The molecule has 0 aromatic heterocycles. The third-order valence-electron chi connectivity index (χ3n) is 1.19. The highest BCUT2D eigenvalue weighted by Crippen LogP contribution is 2.36. The van der Waals surface area contributed by atoms with Gasteiger partial charge in [-0.05, 0) is 13.0 Å². The molecule has 0 bridgehead atoms. The third-order valence-corrected chi connectivity index (χ3v) is 1.19. The second-order valence-electron chi connectivity index (χ2n) is 2.35. The lowest BCUT2D eigenvalue weighted by molar-refractivity contribution is -0.280. The molecule has 14 heavy (non-hydrogen) atoms. The summed E-state index contributed by atoms with van der Waals surface area (Å²) in [5.74, 6) is -8.06. The van der Waals surface area contributed by atoms with Crippen LogP contribution in [0.3, 0.4) is 0 Å². The van der Waals surface area contributed by atoms with Crippen molar-refractivity contribution in [1.29, 1.82) is 0 Å². The summed E-state index contributed by atoms with van der Waals surface area (Å²) in [4.78, 5) is 10.3. The molecule has 0 saturated heterocycles. The van der Waals surface area contributed by atoms with E-state index in [4.69, 9.17) is 5.73 Å². The molecule has 0 fully saturated rings. The van der Waals surface area contributed by atoms with Crippen molar-refractivity contribution >= 4 is 5.97 Å². The number of esters is 1. The number of alkyl halides is 5. The van der Waals surface area contributed by atoms with E-state index in [0.29, 0.717) is 0 Å². The van der Waals surface area contributed by atoms with E-state index in [2.05, 4.69) is 4.74 Å². The van der Waals surface area contributed by atoms with Crippen molar-refractivity contribution in [2.45, 2.75) is 18.5 Å². The second kappa shape index (κ2) is 4.54. The lowest BCUT2D eigenvalue weighted by atomic mass is 10.3. The molecule has 0 aromatic carbocycles. The first kappa shape index (κ1) is 13.1. The van der Waals surface area contributed by atoms with Crippen LogP contribution in [0.4, 0.5) is 22.0 Å². The first-order valence-corrected chi connectivity index (χ1v) is 3.55. The zero-order valence-corrected chi connectivity index (χ0v) is 6.90. The lowest BCUT2D eigenvalue weighted by Gasteiger charge is -2.17. The van der Waals surface area contributed by atoms with Gasteiger partial charge in [-0.3, -0.25) is 0 Å². The van der Waals surface area contributed by atoms with Crippen molar-refractivity contribution in [2.24, 2.45) is 5.73 Å². The molecule has 0 saturated carbocycles. The Kier molecular flexibility index (Phi) is 4.24. The second-order valence-corrected chi connectivity index (χ2v) is 2.35. The molecule has 0 heterocycles. The maximum atomic E-state index is 12.1. The van der Waals surface area contributed by atoms with Crippen molar-refractivity contribution in [3.8, 4) is 0 Å². The van der Waals surface area contributed by atoms with Gasteiger partial charge < -0.3 is 10.5 Å². The SMILES string of the molecule is NCCCOC(=O)C(F)(F)C(F)(F)F. The number of nitrogens with two attached hydrogens (primary N) is 1. The molecule has 3 nitrogen and oxygen atoms in total. The van der Waals surface area contributed by atoms with E-state index in [9.17, 15) is 26.7 Å². The molecule has 0 unspecified atom stereocenters. The molecule has 0 atom stereocenters. The normalized spacial score (nSPS) is 12.7. The molecular formula is C6H8F5NO2. The summed E-state index contributed by atoms with van der Waals surface area (Å²) in [6.07, 6.45) is -5.90. The predicted octanol–water partition coefficient (Wildman–Crippen LogP) is 1.08. The van der Waals surface area contributed by atoms with E-state index < -0.39 is 24.7 Å². The zero-order chi connectivity index (χ0) is 11.4. The summed E-state index contributed by atoms with van der Waals surface area (Å²) in [6, 6.07) is 0. The predicted molar refractivity (Wildman–Crippen MR) is 35.6 cm³/mol. The molecular weight excluding hydrogens is 213 g/mol. The fourth-order valence-electron chi connectivity index (χ4n) is 0.455. The van der Waals surface area contributed by atoms with Gasteiger partial charge in [0.1, 0.15) is 0 Å². The fourth-order valence-corrected chi connectivity index (χ4v) is 0.455. The van der Waals surface area contributed by atoms with Gasteiger partial charge in [-0.15, -0.1) is 0 Å². The summed E-state index contributed by atoms with van der Waals surface area (Å²) >= 11 is 0. The molecule has 2 N–H and O–H groups in total. The van der Waals surface area contributed by atoms with Gasteiger partial charge in [-0.1, -0.05) is 0 Å². The van der Waals surface area contributed by atoms with Gasteiger partial charge >= 0.3 is 18.1 Å². The van der Waals surface area contributed by atoms with Crippen molar-refractivity contribution in [3.05, 3.63) is 0 Å². The number of halogens is 5. The maximum Gasteiger partial charge on any atom is 0.465 e. The lowest BCUT2D eigenvalue weighted by Crippen LogP contribution is -2.45. The quantitative estimate of drug-likeness (QED) is 0.439. The first-order valence-electron chi connectivity index (χ1n) is 3.55. The summed E-state index contributed by atoms with van der Waals surface area (Å²) in [7, 11) is 0. The number of carbonyl (C=O) groups excluding carboxylic acids is 1. The highest BCUT2D eigenvalue weighted by Gasteiger charge is 2.64. The zero-order valence-electron chi connectivity index (χ0n) is 6.90. The van der Waals surface area contributed by atoms with Crippen molar-refractivity contribution < 1.29 is 31.5 Å². The van der Waals surface area contributed by atoms with Gasteiger partial charge in [0.25, 0.3) is 0 Å². The molecule has 0 rings (SSSR count). The summed E-state index contributed by atoms with van der Waals surface area (Å²) < 4.78 is 62.5. The Labute approximate surface area is 76.0 Å². The minimum atomic E-state index is -5.92. The topological polar surface area (TPSA) is 52.3 Å². The molecule has 0 aliphatic rings. The molecule has 84 valence electrons. The average molecular weight is 221 g/mol. The first-order chi connectivity index (χ1) is 6.23. The fraction of sp³-hybridized carbons (Fsp3) is 0.833. The van der Waals surface area contributed by atoms with Gasteiger partial charge in [0.2, 0.25) is 0 Å². The third kappa shape index (κ3) is 3.09. The highest BCUT2D eigenvalue weighted by atomic mass is 19.4. The van der Waals surface area contributed by atoms with Crippen LogP contribution < -0.4 is 5.73 Å². The Morgan fingerprint density at radius 2 is 1.71 bits per heavy atom. The molecule has 0 amide bonds. The Balaban J connectivity index is 4.23. The number of rotatable bonds is 4. The monoisotopic (exact) mass is 221 g/mol. The minimum absolute atomic E-state index is 0.0275.